The Morgan fingerprint density at radius 3 is 2.54 bits per heavy atom. The maximum absolute atomic E-state index is 12.9. The lowest BCUT2D eigenvalue weighted by Crippen LogP contribution is -2.38. The van der Waals surface area contributed by atoms with Crippen LogP contribution in [0.1, 0.15) is 31.0 Å². The van der Waals surface area contributed by atoms with Crippen LogP contribution in [0.2, 0.25) is 0 Å². The molecule has 5 nitrogen and oxygen atoms in total. The van der Waals surface area contributed by atoms with Gasteiger partial charge in [-0.25, -0.2) is 4.39 Å². The highest BCUT2D eigenvalue weighted by atomic mass is 127. The van der Waals surface area contributed by atoms with Crippen LogP contribution < -0.4 is 16.2 Å². The minimum atomic E-state index is -0.213. The minimum absolute atomic E-state index is 0. The number of aromatic nitrogens is 1. The predicted octanol–water partition coefficient (Wildman–Crippen LogP) is 3.49. The van der Waals surface area contributed by atoms with E-state index in [0.717, 1.165) is 56.1 Å². The first-order chi connectivity index (χ1) is 13.1. The van der Waals surface area contributed by atoms with Gasteiger partial charge in [-0.1, -0.05) is 18.2 Å². The molecule has 0 saturated heterocycles. The molecule has 7 heteroatoms. The van der Waals surface area contributed by atoms with E-state index in [1.807, 2.05) is 19.9 Å². The van der Waals surface area contributed by atoms with Gasteiger partial charge >= 0.3 is 0 Å². The number of rotatable bonds is 9. The maximum atomic E-state index is 12.9. The highest BCUT2D eigenvalue weighted by Crippen LogP contribution is 2.03. The molecule has 1 aromatic carbocycles. The van der Waals surface area contributed by atoms with Gasteiger partial charge in [0, 0.05) is 37.9 Å². The zero-order chi connectivity index (χ0) is 19.5. The molecule has 0 bridgehead atoms. The van der Waals surface area contributed by atoms with Crippen molar-refractivity contribution in [3.05, 3.63) is 69.9 Å². The number of pyridine rings is 1. The summed E-state index contributed by atoms with van der Waals surface area (Å²) in [5.41, 5.74) is 2.12. The van der Waals surface area contributed by atoms with E-state index in [-0.39, 0.29) is 35.4 Å². The molecule has 0 radical (unpaired) electrons. The standard InChI is InChI=1S/C21H29FN4O.HI/c1-3-23-21(25-15-13-18-9-11-19(22)12-10-18)24-14-4-5-16-26-17(2)7-6-8-20(26)27;/h6-12H,3-5,13-16H2,1-2H3,(H2,23,24,25);1H. The molecule has 1 heterocycles. The van der Waals surface area contributed by atoms with Crippen LogP contribution in [0.5, 0.6) is 0 Å². The molecule has 0 amide bonds. The van der Waals surface area contributed by atoms with Crippen molar-refractivity contribution in [1.82, 2.24) is 15.2 Å². The fraction of sp³-hybridized carbons (Fsp3) is 0.429. The zero-order valence-electron chi connectivity index (χ0n) is 16.6. The van der Waals surface area contributed by atoms with Crippen molar-refractivity contribution in [2.24, 2.45) is 4.99 Å². The molecule has 154 valence electrons. The van der Waals surface area contributed by atoms with E-state index in [4.69, 9.17) is 0 Å². The van der Waals surface area contributed by atoms with Crippen LogP contribution in [0.25, 0.3) is 0 Å². The smallest absolute Gasteiger partial charge is 0.250 e. The summed E-state index contributed by atoms with van der Waals surface area (Å²) < 4.78 is 14.7. The summed E-state index contributed by atoms with van der Waals surface area (Å²) in [6.07, 6.45) is 2.62. The first kappa shape index (κ1) is 24.1. The second-order valence-electron chi connectivity index (χ2n) is 6.43. The molecule has 0 unspecified atom stereocenters. The average molecular weight is 500 g/mol. The third-order valence-electron chi connectivity index (χ3n) is 4.29. The largest absolute Gasteiger partial charge is 0.357 e. The molecule has 28 heavy (non-hydrogen) atoms. The molecular formula is C21H30FIN4O. The van der Waals surface area contributed by atoms with Gasteiger partial charge in [0.2, 0.25) is 0 Å². The summed E-state index contributed by atoms with van der Waals surface area (Å²) in [7, 11) is 0. The molecule has 2 N–H and O–H groups in total. The fourth-order valence-electron chi connectivity index (χ4n) is 2.80. The SMILES string of the molecule is CCNC(=NCCCCn1c(C)cccc1=O)NCCc1ccc(F)cc1.I. The first-order valence-electron chi connectivity index (χ1n) is 9.53. The Morgan fingerprint density at radius 1 is 1.11 bits per heavy atom. The summed E-state index contributed by atoms with van der Waals surface area (Å²) in [5, 5.41) is 6.53. The van der Waals surface area contributed by atoms with Gasteiger partial charge in [-0.05, 0) is 56.9 Å². The summed E-state index contributed by atoms with van der Waals surface area (Å²) in [6.45, 7) is 6.93. The van der Waals surface area contributed by atoms with Crippen LogP contribution in [0.3, 0.4) is 0 Å². The monoisotopic (exact) mass is 500 g/mol. The quantitative estimate of drug-likeness (QED) is 0.240. The zero-order valence-corrected chi connectivity index (χ0v) is 18.9. The number of nitrogens with zero attached hydrogens (tertiary/aromatic N) is 2. The molecule has 0 atom stereocenters. The normalized spacial score (nSPS) is 11.0. The summed E-state index contributed by atoms with van der Waals surface area (Å²) in [6, 6.07) is 11.9. The van der Waals surface area contributed by atoms with Gasteiger partial charge in [-0.2, -0.15) is 0 Å². The van der Waals surface area contributed by atoms with E-state index in [0.29, 0.717) is 6.54 Å². The van der Waals surface area contributed by atoms with Crippen molar-refractivity contribution in [2.75, 3.05) is 19.6 Å². The van der Waals surface area contributed by atoms with E-state index in [1.165, 1.54) is 12.1 Å². The van der Waals surface area contributed by atoms with Crippen LogP contribution >= 0.6 is 24.0 Å². The van der Waals surface area contributed by atoms with Crippen LogP contribution in [0, 0.1) is 12.7 Å². The van der Waals surface area contributed by atoms with Crippen LogP contribution in [-0.2, 0) is 13.0 Å². The number of guanidine groups is 1. The fourth-order valence-corrected chi connectivity index (χ4v) is 2.80. The van der Waals surface area contributed by atoms with Gasteiger partial charge in [0.05, 0.1) is 0 Å². The molecular weight excluding hydrogens is 470 g/mol. The van der Waals surface area contributed by atoms with Gasteiger partial charge in [-0.3, -0.25) is 9.79 Å². The molecule has 0 aliphatic rings. The van der Waals surface area contributed by atoms with E-state index >= 15 is 0 Å². The van der Waals surface area contributed by atoms with Crippen molar-refractivity contribution in [3.63, 3.8) is 0 Å². The van der Waals surface area contributed by atoms with E-state index in [1.54, 1.807) is 28.8 Å². The second kappa shape index (κ2) is 13.3. The highest BCUT2D eigenvalue weighted by Gasteiger charge is 2.00. The Morgan fingerprint density at radius 2 is 1.86 bits per heavy atom. The van der Waals surface area contributed by atoms with E-state index in [2.05, 4.69) is 15.6 Å². The Bertz CT molecular complexity index is 790. The number of nitrogens with one attached hydrogen (secondary N) is 2. The number of hydrogen-bond acceptors (Lipinski definition) is 2. The number of halogens is 2. The van der Waals surface area contributed by atoms with Gasteiger partial charge in [-0.15, -0.1) is 24.0 Å². The molecule has 0 fully saturated rings. The number of hydrogen-bond donors (Lipinski definition) is 2. The number of aliphatic imine (C=N–C) groups is 1. The van der Waals surface area contributed by atoms with Crippen molar-refractivity contribution in [2.45, 2.75) is 39.7 Å². The van der Waals surface area contributed by atoms with Gasteiger partial charge in [0.25, 0.3) is 5.56 Å². The van der Waals surface area contributed by atoms with E-state index < -0.39 is 0 Å². The maximum Gasteiger partial charge on any atom is 0.250 e. The third kappa shape index (κ3) is 8.41. The van der Waals surface area contributed by atoms with E-state index in [9.17, 15) is 9.18 Å². The van der Waals surface area contributed by atoms with Gasteiger partial charge < -0.3 is 15.2 Å². The van der Waals surface area contributed by atoms with Crippen LogP contribution in [0.4, 0.5) is 4.39 Å². The highest BCUT2D eigenvalue weighted by molar-refractivity contribution is 14.0. The summed E-state index contributed by atoms with van der Waals surface area (Å²) in [4.78, 5) is 16.4. The molecule has 1 aromatic heterocycles. The lowest BCUT2D eigenvalue weighted by Gasteiger charge is -2.12. The lowest BCUT2D eigenvalue weighted by molar-refractivity contribution is 0.585. The Kier molecular flexibility index (Phi) is 11.5. The molecule has 0 saturated carbocycles. The van der Waals surface area contributed by atoms with Crippen LogP contribution in [0.15, 0.2) is 52.3 Å². The number of benzene rings is 1. The van der Waals surface area contributed by atoms with Crippen molar-refractivity contribution < 1.29 is 4.39 Å². The number of aryl methyl sites for hydroxylation is 1. The molecule has 2 rings (SSSR count). The topological polar surface area (TPSA) is 58.4 Å². The van der Waals surface area contributed by atoms with Gasteiger partial charge in [0.1, 0.15) is 5.82 Å². The molecule has 0 spiro atoms. The Balaban J connectivity index is 0.00000392. The van der Waals surface area contributed by atoms with Gasteiger partial charge in [0.15, 0.2) is 5.96 Å². The minimum Gasteiger partial charge on any atom is -0.357 e. The Hall–Kier alpha value is -1.90. The van der Waals surface area contributed by atoms with Crippen molar-refractivity contribution in [3.8, 4) is 0 Å². The second-order valence-corrected chi connectivity index (χ2v) is 6.43. The Labute approximate surface area is 183 Å². The van der Waals surface area contributed by atoms with Crippen LogP contribution in [-0.4, -0.2) is 30.2 Å². The number of unbranched alkanes of at least 4 members (excludes halogenated alkanes) is 1. The molecule has 2 aromatic rings. The predicted molar refractivity (Wildman–Crippen MR) is 124 cm³/mol. The molecule has 0 aliphatic heterocycles. The average Bonchev–Trinajstić information content (AvgIpc) is 2.65. The first-order valence-corrected chi connectivity index (χ1v) is 9.53. The summed E-state index contributed by atoms with van der Waals surface area (Å²) in [5.74, 6) is 0.572. The lowest BCUT2D eigenvalue weighted by atomic mass is 10.1. The summed E-state index contributed by atoms with van der Waals surface area (Å²) >= 11 is 0. The molecule has 0 aliphatic carbocycles. The van der Waals surface area contributed by atoms with Crippen molar-refractivity contribution in [1.29, 1.82) is 0 Å². The third-order valence-corrected chi connectivity index (χ3v) is 4.29. The van der Waals surface area contributed by atoms with Crippen molar-refractivity contribution >= 4 is 29.9 Å².